The molecule has 0 spiro atoms. The van der Waals surface area contributed by atoms with Crippen LogP contribution in [-0.4, -0.2) is 32.6 Å². The van der Waals surface area contributed by atoms with E-state index in [0.717, 1.165) is 15.8 Å². The van der Waals surface area contributed by atoms with Crippen molar-refractivity contribution in [2.45, 2.75) is 31.1 Å². The van der Waals surface area contributed by atoms with Crippen LogP contribution in [0.3, 0.4) is 0 Å². The lowest BCUT2D eigenvalue weighted by Gasteiger charge is -2.32. The highest BCUT2D eigenvalue weighted by Crippen LogP contribution is 2.28. The van der Waals surface area contributed by atoms with Gasteiger partial charge in [0, 0.05) is 16.8 Å². The molecule has 7 heteroatoms. The summed E-state index contributed by atoms with van der Waals surface area (Å²) in [5.41, 5.74) is 3.56. The van der Waals surface area contributed by atoms with Crippen LogP contribution in [0.1, 0.15) is 19.4 Å². The molecule has 0 heterocycles. The highest BCUT2D eigenvalue weighted by Gasteiger charge is 2.38. The molecule has 0 aliphatic rings. The fourth-order valence-electron chi connectivity index (χ4n) is 1.82. The molecule has 0 fully saturated rings. The summed E-state index contributed by atoms with van der Waals surface area (Å²) in [7, 11) is -1.66. The lowest BCUT2D eigenvalue weighted by Crippen LogP contribution is -2.55. The van der Waals surface area contributed by atoms with Crippen molar-refractivity contribution in [3.8, 4) is 5.75 Å². The number of benzene rings is 1. The van der Waals surface area contributed by atoms with Gasteiger partial charge in [0.2, 0.25) is 0 Å². The van der Waals surface area contributed by atoms with E-state index in [4.69, 9.17) is 10.6 Å². The van der Waals surface area contributed by atoms with Gasteiger partial charge in [-0.25, -0.2) is 8.42 Å². The Morgan fingerprint density at radius 2 is 2.05 bits per heavy atom. The van der Waals surface area contributed by atoms with E-state index >= 15 is 0 Å². The molecule has 1 rings (SSSR count). The summed E-state index contributed by atoms with van der Waals surface area (Å²) in [5, 5.41) is 0. The SMILES string of the molecule is COc1ccc(Br)c(CC(NN)C(C)(C)S(C)(=O)=O)c1. The second kappa shape index (κ2) is 6.43. The molecule has 0 bridgehead atoms. The summed E-state index contributed by atoms with van der Waals surface area (Å²) >= 11 is 3.46. The molecule has 0 aromatic heterocycles. The van der Waals surface area contributed by atoms with Crippen LogP contribution in [-0.2, 0) is 16.3 Å². The van der Waals surface area contributed by atoms with Crippen LogP contribution < -0.4 is 16.0 Å². The summed E-state index contributed by atoms with van der Waals surface area (Å²) in [6, 6.07) is 5.16. The first-order valence-electron chi connectivity index (χ1n) is 6.11. The molecule has 0 saturated heterocycles. The van der Waals surface area contributed by atoms with E-state index in [2.05, 4.69) is 21.4 Å². The predicted molar refractivity (Wildman–Crippen MR) is 84.4 cm³/mol. The van der Waals surface area contributed by atoms with Gasteiger partial charge in [-0.3, -0.25) is 11.3 Å². The Balaban J connectivity index is 3.12. The van der Waals surface area contributed by atoms with Crippen LogP contribution in [0.2, 0.25) is 0 Å². The molecule has 114 valence electrons. The van der Waals surface area contributed by atoms with Crippen molar-refractivity contribution >= 4 is 25.8 Å². The Labute approximate surface area is 128 Å². The van der Waals surface area contributed by atoms with Gasteiger partial charge in [-0.15, -0.1) is 0 Å². The van der Waals surface area contributed by atoms with Gasteiger partial charge in [0.1, 0.15) is 5.75 Å². The Kier molecular flexibility index (Phi) is 5.60. The van der Waals surface area contributed by atoms with Gasteiger partial charge in [-0.05, 0) is 44.0 Å². The average Bonchev–Trinajstić information content (AvgIpc) is 2.36. The van der Waals surface area contributed by atoms with E-state index in [9.17, 15) is 8.42 Å². The van der Waals surface area contributed by atoms with E-state index < -0.39 is 20.6 Å². The maximum atomic E-state index is 11.9. The van der Waals surface area contributed by atoms with Gasteiger partial charge >= 0.3 is 0 Å². The minimum absolute atomic E-state index is 0.416. The van der Waals surface area contributed by atoms with Crippen molar-refractivity contribution in [3.63, 3.8) is 0 Å². The molecule has 3 N–H and O–H groups in total. The minimum atomic E-state index is -3.25. The van der Waals surface area contributed by atoms with Crippen LogP contribution in [0.4, 0.5) is 0 Å². The monoisotopic (exact) mass is 364 g/mol. The zero-order chi connectivity index (χ0) is 15.6. The molecular formula is C13H21BrN2O3S. The molecule has 1 unspecified atom stereocenters. The molecule has 0 radical (unpaired) electrons. The highest BCUT2D eigenvalue weighted by molar-refractivity contribution is 9.10. The van der Waals surface area contributed by atoms with Crippen molar-refractivity contribution in [2.24, 2.45) is 5.84 Å². The van der Waals surface area contributed by atoms with Crippen LogP contribution in [0.5, 0.6) is 5.75 Å². The van der Waals surface area contributed by atoms with Crippen molar-refractivity contribution in [3.05, 3.63) is 28.2 Å². The number of nitrogens with one attached hydrogen (secondary N) is 1. The Morgan fingerprint density at radius 3 is 2.50 bits per heavy atom. The molecular weight excluding hydrogens is 344 g/mol. The molecule has 0 aliphatic heterocycles. The van der Waals surface area contributed by atoms with Gasteiger partial charge in [-0.1, -0.05) is 15.9 Å². The fraction of sp³-hybridized carbons (Fsp3) is 0.538. The maximum Gasteiger partial charge on any atom is 0.154 e. The van der Waals surface area contributed by atoms with Gasteiger partial charge < -0.3 is 4.74 Å². The van der Waals surface area contributed by atoms with E-state index in [1.54, 1.807) is 21.0 Å². The minimum Gasteiger partial charge on any atom is -0.497 e. The zero-order valence-electron chi connectivity index (χ0n) is 12.1. The average molecular weight is 365 g/mol. The normalized spacial score (nSPS) is 14.1. The number of sulfone groups is 1. The van der Waals surface area contributed by atoms with Crippen molar-refractivity contribution in [1.29, 1.82) is 0 Å². The molecule has 20 heavy (non-hydrogen) atoms. The molecule has 5 nitrogen and oxygen atoms in total. The topological polar surface area (TPSA) is 81.4 Å². The second-order valence-corrected chi connectivity index (χ2v) is 8.71. The fourth-order valence-corrected chi connectivity index (χ4v) is 2.89. The summed E-state index contributed by atoms with van der Waals surface area (Å²) in [5.74, 6) is 6.28. The van der Waals surface area contributed by atoms with E-state index in [-0.39, 0.29) is 0 Å². The molecule has 1 aromatic carbocycles. The molecule has 0 amide bonds. The first-order chi connectivity index (χ1) is 9.13. The Hall–Kier alpha value is -0.630. The summed E-state index contributed by atoms with van der Waals surface area (Å²) in [4.78, 5) is 0. The number of nitrogens with two attached hydrogens (primary N) is 1. The van der Waals surface area contributed by atoms with Crippen LogP contribution in [0.15, 0.2) is 22.7 Å². The largest absolute Gasteiger partial charge is 0.497 e. The third kappa shape index (κ3) is 3.72. The lowest BCUT2D eigenvalue weighted by molar-refractivity contribution is 0.405. The third-order valence-corrected chi connectivity index (χ3v) is 6.64. The van der Waals surface area contributed by atoms with Gasteiger partial charge in [0.25, 0.3) is 0 Å². The van der Waals surface area contributed by atoms with Crippen LogP contribution in [0, 0.1) is 0 Å². The summed E-state index contributed by atoms with van der Waals surface area (Å²) in [6.45, 7) is 3.34. The van der Waals surface area contributed by atoms with Crippen molar-refractivity contribution in [1.82, 2.24) is 5.43 Å². The first-order valence-corrected chi connectivity index (χ1v) is 8.80. The molecule has 1 atom stereocenters. The number of methoxy groups -OCH3 is 1. The van der Waals surface area contributed by atoms with E-state index in [1.807, 2.05) is 18.2 Å². The van der Waals surface area contributed by atoms with Gasteiger partial charge in [0.15, 0.2) is 9.84 Å². The number of halogens is 1. The number of rotatable bonds is 6. The summed E-state index contributed by atoms with van der Waals surface area (Å²) < 4.78 is 28.9. The van der Waals surface area contributed by atoms with Crippen LogP contribution in [0.25, 0.3) is 0 Å². The quantitative estimate of drug-likeness (QED) is 0.592. The second-order valence-electron chi connectivity index (χ2n) is 5.26. The van der Waals surface area contributed by atoms with Gasteiger partial charge in [0.05, 0.1) is 11.9 Å². The molecule has 0 saturated carbocycles. The van der Waals surface area contributed by atoms with Gasteiger partial charge in [-0.2, -0.15) is 0 Å². The maximum absolute atomic E-state index is 11.9. The van der Waals surface area contributed by atoms with E-state index in [1.165, 1.54) is 6.26 Å². The number of hydrogen-bond acceptors (Lipinski definition) is 5. The molecule has 0 aliphatic carbocycles. The number of hydrazine groups is 1. The smallest absolute Gasteiger partial charge is 0.154 e. The lowest BCUT2D eigenvalue weighted by atomic mass is 9.96. The van der Waals surface area contributed by atoms with Crippen molar-refractivity contribution < 1.29 is 13.2 Å². The standard InChI is InChI=1S/C13H21BrN2O3S/c1-13(2,20(4,17)18)12(16-15)8-9-7-10(19-3)5-6-11(9)14/h5-7,12,16H,8,15H2,1-4H3. The zero-order valence-corrected chi connectivity index (χ0v) is 14.5. The Morgan fingerprint density at radius 1 is 1.45 bits per heavy atom. The highest BCUT2D eigenvalue weighted by atomic mass is 79.9. The number of ether oxygens (including phenoxy) is 1. The van der Waals surface area contributed by atoms with Crippen LogP contribution >= 0.6 is 15.9 Å². The summed E-state index contributed by atoms with van der Waals surface area (Å²) in [6.07, 6.45) is 1.69. The first kappa shape index (κ1) is 17.4. The van der Waals surface area contributed by atoms with E-state index in [0.29, 0.717) is 6.42 Å². The van der Waals surface area contributed by atoms with Crippen molar-refractivity contribution in [2.75, 3.05) is 13.4 Å². The Bertz CT molecular complexity index is 573. The predicted octanol–water partition coefficient (Wildman–Crippen LogP) is 1.66. The number of hydrogen-bond donors (Lipinski definition) is 2. The third-order valence-electron chi connectivity index (χ3n) is 3.67. The molecule has 1 aromatic rings.